The Morgan fingerprint density at radius 3 is 2.68 bits per heavy atom. The Bertz CT molecular complexity index is 790. The third-order valence-electron chi connectivity index (χ3n) is 4.26. The second-order valence-corrected chi connectivity index (χ2v) is 6.03. The number of carbonyl (C=O) groups excluding carboxylic acids is 1. The lowest BCUT2D eigenvalue weighted by atomic mass is 10.0. The number of benzene rings is 2. The smallest absolute Gasteiger partial charge is 0.234 e. The summed E-state index contributed by atoms with van der Waals surface area (Å²) in [6, 6.07) is 13.0. The lowest BCUT2D eigenvalue weighted by molar-refractivity contribution is -0.122. The van der Waals surface area contributed by atoms with Crippen LogP contribution < -0.4 is 5.32 Å². The minimum absolute atomic E-state index is 0.0854. The summed E-state index contributed by atoms with van der Waals surface area (Å²) < 4.78 is 27.7. The molecule has 0 bridgehead atoms. The van der Waals surface area contributed by atoms with Crippen molar-refractivity contribution in [3.05, 3.63) is 77.4 Å². The number of halogens is 2. The number of rotatable bonds is 5. The Kier molecular flexibility index (Phi) is 5.24. The van der Waals surface area contributed by atoms with Gasteiger partial charge >= 0.3 is 0 Å². The molecule has 1 aliphatic heterocycles. The zero-order valence-electron chi connectivity index (χ0n) is 14.0. The van der Waals surface area contributed by atoms with Gasteiger partial charge in [-0.3, -0.25) is 9.69 Å². The molecule has 1 amide bonds. The molecule has 0 spiro atoms. The van der Waals surface area contributed by atoms with Crippen LogP contribution in [0.1, 0.15) is 24.1 Å². The lowest BCUT2D eigenvalue weighted by Crippen LogP contribution is -2.37. The van der Waals surface area contributed by atoms with Crippen molar-refractivity contribution in [1.82, 2.24) is 10.2 Å². The van der Waals surface area contributed by atoms with E-state index in [1.807, 2.05) is 48.2 Å². The van der Waals surface area contributed by atoms with Crippen molar-refractivity contribution in [2.24, 2.45) is 0 Å². The molecule has 130 valence electrons. The molecule has 2 aromatic carbocycles. The first-order valence-corrected chi connectivity index (χ1v) is 8.30. The van der Waals surface area contributed by atoms with Crippen molar-refractivity contribution < 1.29 is 13.6 Å². The summed E-state index contributed by atoms with van der Waals surface area (Å²) in [4.78, 5) is 14.0. The highest BCUT2D eigenvalue weighted by Gasteiger charge is 2.29. The standard InChI is InChI=1S/C20H20F2N2O/c1-2-23-20(25)13-24-12-15(17-11-16(21)8-9-18(17)22)10-19(24)14-6-4-3-5-7-14/h3-11,19H,2,12-13H2,1H3,(H,23,25)/t19-/m0/s1. The molecule has 0 fully saturated rings. The van der Waals surface area contributed by atoms with E-state index in [4.69, 9.17) is 0 Å². The molecule has 2 aromatic rings. The highest BCUT2D eigenvalue weighted by molar-refractivity contribution is 5.79. The van der Waals surface area contributed by atoms with Crippen molar-refractivity contribution in [1.29, 1.82) is 0 Å². The maximum absolute atomic E-state index is 14.2. The van der Waals surface area contributed by atoms with Gasteiger partial charge in [0.05, 0.1) is 12.6 Å². The predicted octanol–water partition coefficient (Wildman–Crippen LogP) is 3.54. The second-order valence-electron chi connectivity index (χ2n) is 6.03. The van der Waals surface area contributed by atoms with E-state index in [9.17, 15) is 13.6 Å². The average Bonchev–Trinajstić information content (AvgIpc) is 3.01. The number of likely N-dealkylation sites (N-methyl/N-ethyl adjacent to an activating group) is 1. The van der Waals surface area contributed by atoms with Crippen LogP contribution in [0.4, 0.5) is 8.78 Å². The molecule has 1 atom stereocenters. The van der Waals surface area contributed by atoms with Crippen molar-refractivity contribution in [3.63, 3.8) is 0 Å². The first-order chi connectivity index (χ1) is 12.1. The van der Waals surface area contributed by atoms with E-state index >= 15 is 0 Å². The Morgan fingerprint density at radius 1 is 1.20 bits per heavy atom. The molecule has 1 N–H and O–H groups in total. The fourth-order valence-corrected chi connectivity index (χ4v) is 3.13. The molecule has 0 saturated carbocycles. The molecule has 25 heavy (non-hydrogen) atoms. The fraction of sp³-hybridized carbons (Fsp3) is 0.250. The minimum Gasteiger partial charge on any atom is -0.355 e. The molecule has 0 unspecified atom stereocenters. The van der Waals surface area contributed by atoms with Gasteiger partial charge < -0.3 is 5.32 Å². The molecular weight excluding hydrogens is 322 g/mol. The Morgan fingerprint density at radius 2 is 1.96 bits per heavy atom. The van der Waals surface area contributed by atoms with E-state index in [-0.39, 0.29) is 24.1 Å². The van der Waals surface area contributed by atoms with E-state index in [0.717, 1.165) is 17.7 Å². The van der Waals surface area contributed by atoms with Crippen LogP contribution in [-0.4, -0.2) is 30.4 Å². The molecule has 3 rings (SSSR count). The molecule has 1 aliphatic rings. The molecule has 5 heteroatoms. The number of hydrogen-bond acceptors (Lipinski definition) is 2. The first kappa shape index (κ1) is 17.3. The quantitative estimate of drug-likeness (QED) is 0.901. The van der Waals surface area contributed by atoms with Gasteiger partial charge in [0.2, 0.25) is 5.91 Å². The topological polar surface area (TPSA) is 32.3 Å². The van der Waals surface area contributed by atoms with Crippen LogP contribution in [0, 0.1) is 11.6 Å². The van der Waals surface area contributed by atoms with Crippen LogP contribution in [0.2, 0.25) is 0 Å². The summed E-state index contributed by atoms with van der Waals surface area (Å²) in [5.41, 5.74) is 1.95. The minimum atomic E-state index is -0.476. The van der Waals surface area contributed by atoms with Crippen LogP contribution in [0.5, 0.6) is 0 Å². The molecule has 0 radical (unpaired) electrons. The van der Waals surface area contributed by atoms with Gasteiger partial charge in [0.15, 0.2) is 0 Å². The van der Waals surface area contributed by atoms with E-state index in [2.05, 4.69) is 5.32 Å². The highest BCUT2D eigenvalue weighted by atomic mass is 19.1. The molecule has 3 nitrogen and oxygen atoms in total. The second kappa shape index (κ2) is 7.57. The molecular formula is C20H20F2N2O. The van der Waals surface area contributed by atoms with Crippen LogP contribution in [0.25, 0.3) is 5.57 Å². The number of nitrogens with zero attached hydrogens (tertiary/aromatic N) is 1. The van der Waals surface area contributed by atoms with Crippen LogP contribution in [0.15, 0.2) is 54.6 Å². The lowest BCUT2D eigenvalue weighted by Gasteiger charge is -2.24. The largest absolute Gasteiger partial charge is 0.355 e. The summed E-state index contributed by atoms with van der Waals surface area (Å²) in [7, 11) is 0. The first-order valence-electron chi connectivity index (χ1n) is 8.30. The zero-order chi connectivity index (χ0) is 17.8. The Balaban J connectivity index is 1.93. The van der Waals surface area contributed by atoms with Gasteiger partial charge in [0.1, 0.15) is 11.6 Å². The van der Waals surface area contributed by atoms with Crippen molar-refractivity contribution in [2.75, 3.05) is 19.6 Å². The summed E-state index contributed by atoms with van der Waals surface area (Å²) in [6.45, 7) is 3.01. The Labute approximate surface area is 146 Å². The van der Waals surface area contributed by atoms with Gasteiger partial charge in [-0.05, 0) is 36.3 Å². The average molecular weight is 342 g/mol. The third kappa shape index (κ3) is 3.94. The van der Waals surface area contributed by atoms with E-state index in [1.165, 1.54) is 6.07 Å². The number of carbonyl (C=O) groups is 1. The molecule has 0 aromatic heterocycles. The summed E-state index contributed by atoms with van der Waals surface area (Å²) in [5, 5.41) is 2.78. The van der Waals surface area contributed by atoms with Gasteiger partial charge in [-0.25, -0.2) is 8.78 Å². The third-order valence-corrected chi connectivity index (χ3v) is 4.26. The summed E-state index contributed by atoms with van der Waals surface area (Å²) in [5.74, 6) is -1.02. The molecule has 0 saturated heterocycles. The van der Waals surface area contributed by atoms with E-state index in [1.54, 1.807) is 0 Å². The van der Waals surface area contributed by atoms with Crippen LogP contribution in [-0.2, 0) is 4.79 Å². The van der Waals surface area contributed by atoms with Crippen LogP contribution >= 0.6 is 0 Å². The van der Waals surface area contributed by atoms with Crippen molar-refractivity contribution in [2.45, 2.75) is 13.0 Å². The van der Waals surface area contributed by atoms with Crippen molar-refractivity contribution >= 4 is 11.5 Å². The predicted molar refractivity (Wildman–Crippen MR) is 93.8 cm³/mol. The van der Waals surface area contributed by atoms with E-state index in [0.29, 0.717) is 18.7 Å². The maximum Gasteiger partial charge on any atom is 0.234 e. The highest BCUT2D eigenvalue weighted by Crippen LogP contribution is 2.35. The SMILES string of the molecule is CCNC(=O)CN1CC(c2cc(F)ccc2F)=C[C@H]1c1ccccc1. The van der Waals surface area contributed by atoms with Gasteiger partial charge in [-0.1, -0.05) is 36.4 Å². The van der Waals surface area contributed by atoms with Gasteiger partial charge in [-0.15, -0.1) is 0 Å². The van der Waals surface area contributed by atoms with E-state index < -0.39 is 11.6 Å². The zero-order valence-corrected chi connectivity index (χ0v) is 14.0. The monoisotopic (exact) mass is 342 g/mol. The van der Waals surface area contributed by atoms with Crippen LogP contribution in [0.3, 0.4) is 0 Å². The van der Waals surface area contributed by atoms with Crippen molar-refractivity contribution in [3.8, 4) is 0 Å². The normalized spacial score (nSPS) is 17.4. The summed E-state index contributed by atoms with van der Waals surface area (Å²) in [6.07, 6.45) is 1.91. The Hall–Kier alpha value is -2.53. The van der Waals surface area contributed by atoms with Gasteiger partial charge in [-0.2, -0.15) is 0 Å². The molecule has 1 heterocycles. The number of nitrogens with one attached hydrogen (secondary N) is 1. The number of amides is 1. The summed E-state index contributed by atoms with van der Waals surface area (Å²) >= 11 is 0. The fourth-order valence-electron chi connectivity index (χ4n) is 3.13. The number of hydrogen-bond donors (Lipinski definition) is 1. The van der Waals surface area contributed by atoms with Gasteiger partial charge in [0.25, 0.3) is 0 Å². The van der Waals surface area contributed by atoms with Gasteiger partial charge in [0, 0.05) is 18.7 Å². The molecule has 0 aliphatic carbocycles. The maximum atomic E-state index is 14.2.